The Hall–Kier alpha value is -2.82. The first-order valence-corrected chi connectivity index (χ1v) is 9.22. The van der Waals surface area contributed by atoms with Crippen molar-refractivity contribution >= 4 is 11.8 Å². The van der Waals surface area contributed by atoms with Crippen LogP contribution in [-0.2, 0) is 16.0 Å². The second-order valence-electron chi connectivity index (χ2n) is 7.57. The van der Waals surface area contributed by atoms with E-state index in [4.69, 9.17) is 4.74 Å². The summed E-state index contributed by atoms with van der Waals surface area (Å²) in [5.74, 6) is 0.318. The van der Waals surface area contributed by atoms with E-state index >= 15 is 0 Å². The van der Waals surface area contributed by atoms with Crippen LogP contribution in [0.3, 0.4) is 0 Å². The van der Waals surface area contributed by atoms with Gasteiger partial charge in [-0.2, -0.15) is 0 Å². The Morgan fingerprint density at radius 3 is 2.48 bits per heavy atom. The maximum Gasteiger partial charge on any atom is 0.266 e. The van der Waals surface area contributed by atoms with Crippen LogP contribution in [0.2, 0.25) is 0 Å². The summed E-state index contributed by atoms with van der Waals surface area (Å²) in [4.78, 5) is 26.8. The zero-order valence-electron chi connectivity index (χ0n) is 16.1. The predicted molar refractivity (Wildman–Crippen MR) is 105 cm³/mol. The lowest BCUT2D eigenvalue weighted by atomic mass is 10.0. The molecule has 0 spiro atoms. The van der Waals surface area contributed by atoms with Crippen molar-refractivity contribution < 1.29 is 14.3 Å². The number of piperazine rings is 1. The fourth-order valence-corrected chi connectivity index (χ4v) is 3.32. The molecule has 2 aromatic rings. The van der Waals surface area contributed by atoms with E-state index in [1.165, 1.54) is 0 Å². The standard InChI is InChI=1S/C22H26N2O3/c1-16-9-11-19(12-10-16)27-22(2,3)21(26)24-14-18(23-20(25)15-24)13-17-7-5-4-6-8-17/h4-12,18H,13-15H2,1-3H3,(H,23,25)/t18-/m0/s1. The minimum atomic E-state index is -1.05. The van der Waals surface area contributed by atoms with Crippen LogP contribution in [0.25, 0.3) is 0 Å². The zero-order valence-corrected chi connectivity index (χ0v) is 16.1. The highest BCUT2D eigenvalue weighted by Crippen LogP contribution is 2.22. The topological polar surface area (TPSA) is 58.6 Å². The molecule has 0 aromatic heterocycles. The van der Waals surface area contributed by atoms with E-state index in [0.717, 1.165) is 11.1 Å². The summed E-state index contributed by atoms with van der Waals surface area (Å²) in [6, 6.07) is 17.5. The molecule has 5 heteroatoms. The molecule has 0 aliphatic carbocycles. The van der Waals surface area contributed by atoms with Gasteiger partial charge in [-0.25, -0.2) is 0 Å². The van der Waals surface area contributed by atoms with Crippen LogP contribution in [0.1, 0.15) is 25.0 Å². The summed E-state index contributed by atoms with van der Waals surface area (Å²) >= 11 is 0. The lowest BCUT2D eigenvalue weighted by Gasteiger charge is -2.37. The summed E-state index contributed by atoms with van der Waals surface area (Å²) in [6.07, 6.45) is 0.690. The molecular formula is C22H26N2O3. The number of hydrogen-bond donors (Lipinski definition) is 1. The first-order chi connectivity index (χ1) is 12.8. The molecule has 2 aromatic carbocycles. The van der Waals surface area contributed by atoms with E-state index in [2.05, 4.69) is 5.32 Å². The Morgan fingerprint density at radius 1 is 1.15 bits per heavy atom. The molecule has 0 radical (unpaired) electrons. The first kappa shape index (κ1) is 19.0. The molecule has 27 heavy (non-hydrogen) atoms. The second kappa shape index (κ2) is 7.82. The van der Waals surface area contributed by atoms with Gasteiger partial charge >= 0.3 is 0 Å². The summed E-state index contributed by atoms with van der Waals surface area (Å²) < 4.78 is 5.94. The van der Waals surface area contributed by atoms with Crippen molar-refractivity contribution in [3.05, 3.63) is 65.7 Å². The third-order valence-corrected chi connectivity index (χ3v) is 4.66. The number of carbonyl (C=O) groups is 2. The van der Waals surface area contributed by atoms with Gasteiger partial charge in [0.1, 0.15) is 5.75 Å². The van der Waals surface area contributed by atoms with Crippen molar-refractivity contribution in [3.63, 3.8) is 0 Å². The van der Waals surface area contributed by atoms with Crippen molar-refractivity contribution in [2.75, 3.05) is 13.1 Å². The lowest BCUT2D eigenvalue weighted by molar-refractivity contribution is -0.150. The highest BCUT2D eigenvalue weighted by molar-refractivity contribution is 5.90. The fraction of sp³-hybridized carbons (Fsp3) is 0.364. The van der Waals surface area contributed by atoms with Crippen LogP contribution in [-0.4, -0.2) is 41.4 Å². The highest BCUT2D eigenvalue weighted by Gasteiger charge is 2.38. The van der Waals surface area contributed by atoms with E-state index in [0.29, 0.717) is 18.7 Å². The number of amides is 2. The van der Waals surface area contributed by atoms with E-state index in [1.807, 2.05) is 61.5 Å². The van der Waals surface area contributed by atoms with Crippen molar-refractivity contribution in [1.29, 1.82) is 0 Å². The fourth-order valence-electron chi connectivity index (χ4n) is 3.32. The molecule has 1 aliphatic heterocycles. The molecule has 3 rings (SSSR count). The molecular weight excluding hydrogens is 340 g/mol. The monoisotopic (exact) mass is 366 g/mol. The van der Waals surface area contributed by atoms with Crippen LogP contribution >= 0.6 is 0 Å². The Kier molecular flexibility index (Phi) is 5.49. The summed E-state index contributed by atoms with van der Waals surface area (Å²) in [6.45, 7) is 6.02. The number of nitrogens with one attached hydrogen (secondary N) is 1. The number of benzene rings is 2. The van der Waals surface area contributed by atoms with Gasteiger partial charge in [-0.05, 0) is 44.9 Å². The minimum absolute atomic E-state index is 0.0603. The van der Waals surface area contributed by atoms with Gasteiger partial charge in [0.25, 0.3) is 5.91 Å². The van der Waals surface area contributed by atoms with Gasteiger partial charge in [0.05, 0.1) is 12.6 Å². The van der Waals surface area contributed by atoms with E-state index in [-0.39, 0.29) is 24.4 Å². The number of carbonyl (C=O) groups excluding carboxylic acids is 2. The number of ether oxygens (including phenoxy) is 1. The van der Waals surface area contributed by atoms with Crippen LogP contribution in [0, 0.1) is 6.92 Å². The molecule has 2 amide bonds. The molecule has 1 atom stereocenters. The average Bonchev–Trinajstić information content (AvgIpc) is 2.63. The van der Waals surface area contributed by atoms with Gasteiger partial charge in [-0.3, -0.25) is 9.59 Å². The third-order valence-electron chi connectivity index (χ3n) is 4.66. The molecule has 142 valence electrons. The van der Waals surface area contributed by atoms with Crippen LogP contribution in [0.15, 0.2) is 54.6 Å². The molecule has 0 bridgehead atoms. The summed E-state index contributed by atoms with van der Waals surface area (Å²) in [7, 11) is 0. The van der Waals surface area contributed by atoms with Crippen LogP contribution in [0.5, 0.6) is 5.75 Å². The maximum atomic E-state index is 13.1. The predicted octanol–water partition coefficient (Wildman–Crippen LogP) is 2.72. The normalized spacial score (nSPS) is 17.4. The van der Waals surface area contributed by atoms with Gasteiger partial charge in [0.2, 0.25) is 5.91 Å². The average molecular weight is 366 g/mol. The highest BCUT2D eigenvalue weighted by atomic mass is 16.5. The molecule has 0 saturated carbocycles. The number of aryl methyl sites for hydroxylation is 1. The van der Waals surface area contributed by atoms with Crippen molar-refractivity contribution in [2.45, 2.75) is 38.8 Å². The van der Waals surface area contributed by atoms with Gasteiger partial charge in [-0.15, -0.1) is 0 Å². The number of hydrogen-bond acceptors (Lipinski definition) is 3. The Labute approximate surface area is 160 Å². The Morgan fingerprint density at radius 2 is 1.81 bits per heavy atom. The smallest absolute Gasteiger partial charge is 0.266 e. The van der Waals surface area contributed by atoms with Gasteiger partial charge in [0.15, 0.2) is 5.60 Å². The zero-order chi connectivity index (χ0) is 19.4. The third kappa shape index (κ3) is 4.88. The molecule has 1 fully saturated rings. The van der Waals surface area contributed by atoms with Gasteiger partial charge < -0.3 is 15.0 Å². The Balaban J connectivity index is 1.68. The van der Waals surface area contributed by atoms with Crippen LogP contribution in [0.4, 0.5) is 0 Å². The number of nitrogens with zero attached hydrogens (tertiary/aromatic N) is 1. The number of rotatable bonds is 5. The van der Waals surface area contributed by atoms with E-state index in [1.54, 1.807) is 18.7 Å². The molecule has 5 nitrogen and oxygen atoms in total. The summed E-state index contributed by atoms with van der Waals surface area (Å²) in [5, 5.41) is 2.98. The van der Waals surface area contributed by atoms with Crippen molar-refractivity contribution in [1.82, 2.24) is 10.2 Å². The van der Waals surface area contributed by atoms with E-state index < -0.39 is 5.60 Å². The molecule has 0 unspecified atom stereocenters. The van der Waals surface area contributed by atoms with Crippen molar-refractivity contribution in [2.24, 2.45) is 0 Å². The van der Waals surface area contributed by atoms with Crippen molar-refractivity contribution in [3.8, 4) is 5.75 Å². The van der Waals surface area contributed by atoms with E-state index in [9.17, 15) is 9.59 Å². The minimum Gasteiger partial charge on any atom is -0.478 e. The largest absolute Gasteiger partial charge is 0.478 e. The summed E-state index contributed by atoms with van der Waals surface area (Å²) in [5.41, 5.74) is 1.21. The molecule has 1 N–H and O–H groups in total. The molecule has 1 heterocycles. The molecule has 1 aliphatic rings. The second-order valence-corrected chi connectivity index (χ2v) is 7.57. The van der Waals surface area contributed by atoms with Crippen LogP contribution < -0.4 is 10.1 Å². The quantitative estimate of drug-likeness (QED) is 0.885. The molecule has 1 saturated heterocycles. The SMILES string of the molecule is Cc1ccc(OC(C)(C)C(=O)N2CC(=O)N[C@@H](Cc3ccccc3)C2)cc1. The Bertz CT molecular complexity index is 800. The lowest BCUT2D eigenvalue weighted by Crippen LogP contribution is -2.60. The van der Waals surface area contributed by atoms with Gasteiger partial charge in [0, 0.05) is 6.54 Å². The maximum absolute atomic E-state index is 13.1. The van der Waals surface area contributed by atoms with Gasteiger partial charge in [-0.1, -0.05) is 48.0 Å². The first-order valence-electron chi connectivity index (χ1n) is 9.22.